The van der Waals surface area contributed by atoms with Crippen LogP contribution in [-0.2, 0) is 0 Å². The van der Waals surface area contributed by atoms with Gasteiger partial charge in [0.15, 0.2) is 5.78 Å². The third-order valence-corrected chi connectivity index (χ3v) is 3.50. The smallest absolute Gasteiger partial charge is 0.194 e. The number of halogens is 3. The molecule has 0 N–H and O–H groups in total. The second kappa shape index (κ2) is 5.21. The van der Waals surface area contributed by atoms with E-state index in [2.05, 4.69) is 15.9 Å². The van der Waals surface area contributed by atoms with Gasteiger partial charge in [-0.1, -0.05) is 23.7 Å². The summed E-state index contributed by atoms with van der Waals surface area (Å²) in [5, 5.41) is 0.536. The molecule has 0 saturated carbocycles. The molecule has 0 amide bonds. The highest BCUT2D eigenvalue weighted by Gasteiger charge is 2.14. The number of aryl methyl sites for hydroxylation is 1. The molecule has 18 heavy (non-hydrogen) atoms. The number of carbonyl (C=O) groups is 1. The van der Waals surface area contributed by atoms with E-state index in [0.29, 0.717) is 26.2 Å². The number of hydrogen-bond acceptors (Lipinski definition) is 1. The maximum atomic E-state index is 13.4. The second-order valence-electron chi connectivity index (χ2n) is 3.92. The van der Waals surface area contributed by atoms with Gasteiger partial charge < -0.3 is 0 Å². The molecule has 0 fully saturated rings. The fourth-order valence-electron chi connectivity index (χ4n) is 1.56. The number of rotatable bonds is 2. The lowest BCUT2D eigenvalue weighted by atomic mass is 10.0. The summed E-state index contributed by atoms with van der Waals surface area (Å²) in [6.45, 7) is 1.65. The Morgan fingerprint density at radius 3 is 2.56 bits per heavy atom. The molecular weight excluding hydrogens is 319 g/mol. The molecule has 2 rings (SSSR count). The number of benzene rings is 2. The standard InChI is InChI=1S/C14H9BrClFO/c1-8-2-3-9(6-13(8)17)14(18)11-5-4-10(16)7-12(11)15/h2-7H,1H3. The maximum absolute atomic E-state index is 13.4. The minimum absolute atomic E-state index is 0.238. The van der Waals surface area contributed by atoms with Gasteiger partial charge in [0.2, 0.25) is 0 Å². The summed E-state index contributed by atoms with van der Waals surface area (Å²) in [6, 6.07) is 9.34. The first-order valence-electron chi connectivity index (χ1n) is 5.25. The summed E-state index contributed by atoms with van der Waals surface area (Å²) < 4.78 is 14.0. The molecule has 4 heteroatoms. The minimum Gasteiger partial charge on any atom is -0.289 e. The van der Waals surface area contributed by atoms with Gasteiger partial charge in [0.1, 0.15) is 5.82 Å². The highest BCUT2D eigenvalue weighted by atomic mass is 79.9. The van der Waals surface area contributed by atoms with E-state index < -0.39 is 0 Å². The highest BCUT2D eigenvalue weighted by molar-refractivity contribution is 9.10. The average molecular weight is 328 g/mol. The zero-order chi connectivity index (χ0) is 13.3. The van der Waals surface area contributed by atoms with Crippen LogP contribution in [0.25, 0.3) is 0 Å². The molecule has 0 atom stereocenters. The Morgan fingerprint density at radius 2 is 1.94 bits per heavy atom. The van der Waals surface area contributed by atoms with Crippen molar-refractivity contribution in [1.29, 1.82) is 0 Å². The van der Waals surface area contributed by atoms with Crippen molar-refractivity contribution in [3.63, 3.8) is 0 Å². The van der Waals surface area contributed by atoms with Crippen molar-refractivity contribution in [2.45, 2.75) is 6.92 Å². The summed E-state index contributed by atoms with van der Waals surface area (Å²) in [5.41, 5.74) is 1.30. The van der Waals surface area contributed by atoms with Gasteiger partial charge in [0.25, 0.3) is 0 Å². The monoisotopic (exact) mass is 326 g/mol. The van der Waals surface area contributed by atoms with Gasteiger partial charge in [-0.25, -0.2) is 4.39 Å². The van der Waals surface area contributed by atoms with Gasteiger partial charge in [0, 0.05) is 20.6 Å². The molecule has 0 aliphatic carbocycles. The van der Waals surface area contributed by atoms with E-state index in [1.165, 1.54) is 6.07 Å². The highest BCUT2D eigenvalue weighted by Crippen LogP contribution is 2.24. The predicted molar refractivity (Wildman–Crippen MR) is 73.7 cm³/mol. The first-order chi connectivity index (χ1) is 8.49. The summed E-state index contributed by atoms with van der Waals surface area (Å²) in [7, 11) is 0. The van der Waals surface area contributed by atoms with Crippen LogP contribution in [0.5, 0.6) is 0 Å². The molecule has 0 spiro atoms. The van der Waals surface area contributed by atoms with Gasteiger partial charge in [0.05, 0.1) is 0 Å². The molecule has 1 nitrogen and oxygen atoms in total. The molecule has 0 aliphatic heterocycles. The largest absolute Gasteiger partial charge is 0.289 e. The van der Waals surface area contributed by atoms with Gasteiger partial charge in [-0.15, -0.1) is 0 Å². The number of ketones is 1. The fraction of sp³-hybridized carbons (Fsp3) is 0.0714. The third kappa shape index (κ3) is 2.62. The van der Waals surface area contributed by atoms with Crippen LogP contribution in [0, 0.1) is 12.7 Å². The van der Waals surface area contributed by atoms with Crippen LogP contribution in [0.1, 0.15) is 21.5 Å². The van der Waals surface area contributed by atoms with Crippen LogP contribution in [0.2, 0.25) is 5.02 Å². The Bertz CT molecular complexity index is 625. The molecule has 0 heterocycles. The van der Waals surface area contributed by atoms with E-state index in [9.17, 15) is 9.18 Å². The van der Waals surface area contributed by atoms with E-state index in [1.54, 1.807) is 37.3 Å². The normalized spacial score (nSPS) is 10.4. The zero-order valence-corrected chi connectivity index (χ0v) is 11.8. The molecule has 0 aliphatic rings. The van der Waals surface area contributed by atoms with Crippen molar-refractivity contribution in [3.05, 3.63) is 68.4 Å². The first-order valence-corrected chi connectivity index (χ1v) is 6.42. The summed E-state index contributed by atoms with van der Waals surface area (Å²) in [5.74, 6) is -0.622. The maximum Gasteiger partial charge on any atom is 0.194 e. The molecular formula is C14H9BrClFO. The van der Waals surface area contributed by atoms with Crippen molar-refractivity contribution in [3.8, 4) is 0 Å². The Balaban J connectivity index is 2.44. The Hall–Kier alpha value is -1.19. The Morgan fingerprint density at radius 1 is 1.22 bits per heavy atom. The van der Waals surface area contributed by atoms with Gasteiger partial charge in [-0.3, -0.25) is 4.79 Å². The molecule has 0 bridgehead atoms. The van der Waals surface area contributed by atoms with Crippen LogP contribution >= 0.6 is 27.5 Å². The first kappa shape index (κ1) is 13.2. The van der Waals surface area contributed by atoms with Crippen molar-refractivity contribution in [2.75, 3.05) is 0 Å². The predicted octanol–water partition coefficient (Wildman–Crippen LogP) is 4.78. The van der Waals surface area contributed by atoms with Crippen molar-refractivity contribution in [1.82, 2.24) is 0 Å². The SMILES string of the molecule is Cc1ccc(C(=O)c2ccc(Cl)cc2Br)cc1F. The van der Waals surface area contributed by atoms with Crippen LogP contribution in [0.4, 0.5) is 4.39 Å². The lowest BCUT2D eigenvalue weighted by Gasteiger charge is -2.05. The zero-order valence-electron chi connectivity index (χ0n) is 9.51. The van der Waals surface area contributed by atoms with Crippen LogP contribution < -0.4 is 0 Å². The fourth-order valence-corrected chi connectivity index (χ4v) is 2.43. The molecule has 0 radical (unpaired) electrons. The molecule has 92 valence electrons. The lowest BCUT2D eigenvalue weighted by molar-refractivity contribution is 0.103. The molecule has 2 aromatic rings. The van der Waals surface area contributed by atoms with E-state index in [4.69, 9.17) is 11.6 Å². The molecule has 0 saturated heterocycles. The molecule has 0 aromatic heterocycles. The lowest BCUT2D eigenvalue weighted by Crippen LogP contribution is -2.03. The minimum atomic E-state index is -0.383. The van der Waals surface area contributed by atoms with Gasteiger partial charge >= 0.3 is 0 Å². The summed E-state index contributed by atoms with van der Waals surface area (Å²) in [6.07, 6.45) is 0. The third-order valence-electron chi connectivity index (χ3n) is 2.61. The Labute approximate surface area is 118 Å². The Kier molecular flexibility index (Phi) is 3.83. The van der Waals surface area contributed by atoms with Crippen molar-refractivity contribution in [2.24, 2.45) is 0 Å². The van der Waals surface area contributed by atoms with Crippen LogP contribution in [0.3, 0.4) is 0 Å². The van der Waals surface area contributed by atoms with E-state index in [1.807, 2.05) is 0 Å². The van der Waals surface area contributed by atoms with E-state index >= 15 is 0 Å². The van der Waals surface area contributed by atoms with Crippen molar-refractivity contribution >= 4 is 33.3 Å². The second-order valence-corrected chi connectivity index (χ2v) is 5.21. The van der Waals surface area contributed by atoms with E-state index in [-0.39, 0.29) is 11.6 Å². The van der Waals surface area contributed by atoms with E-state index in [0.717, 1.165) is 0 Å². The van der Waals surface area contributed by atoms with Gasteiger partial charge in [-0.05, 0) is 52.7 Å². The summed E-state index contributed by atoms with van der Waals surface area (Å²) in [4.78, 5) is 12.2. The van der Waals surface area contributed by atoms with Crippen LogP contribution in [0.15, 0.2) is 40.9 Å². The number of hydrogen-bond donors (Lipinski definition) is 0. The quantitative estimate of drug-likeness (QED) is 0.725. The average Bonchev–Trinajstić information content (AvgIpc) is 2.32. The summed E-state index contributed by atoms with van der Waals surface area (Å²) >= 11 is 9.09. The van der Waals surface area contributed by atoms with Crippen LogP contribution in [-0.4, -0.2) is 5.78 Å². The molecule has 0 unspecified atom stereocenters. The van der Waals surface area contributed by atoms with Crippen molar-refractivity contribution < 1.29 is 9.18 Å². The molecule has 2 aromatic carbocycles. The topological polar surface area (TPSA) is 17.1 Å². The van der Waals surface area contributed by atoms with Gasteiger partial charge in [-0.2, -0.15) is 0 Å². The number of carbonyl (C=O) groups excluding carboxylic acids is 1.